The first kappa shape index (κ1) is 16.1. The molecule has 4 rings (SSSR count). The van der Waals surface area contributed by atoms with Crippen LogP contribution in [0, 0.1) is 0 Å². The molecule has 1 unspecified atom stereocenters. The average Bonchev–Trinajstić information content (AvgIpc) is 3.22. The van der Waals surface area contributed by atoms with Crippen molar-refractivity contribution >= 4 is 5.91 Å². The quantitative estimate of drug-likeness (QED) is 0.862. The van der Waals surface area contributed by atoms with Gasteiger partial charge in [0, 0.05) is 25.1 Å². The van der Waals surface area contributed by atoms with Gasteiger partial charge < -0.3 is 14.2 Å². The number of fused-ring (bicyclic) bond motifs is 1. The van der Waals surface area contributed by atoms with Gasteiger partial charge >= 0.3 is 0 Å². The van der Waals surface area contributed by atoms with E-state index in [1.807, 2.05) is 29.2 Å². The third-order valence-corrected chi connectivity index (χ3v) is 5.29. The Morgan fingerprint density at radius 1 is 1.08 bits per heavy atom. The van der Waals surface area contributed by atoms with Crippen LogP contribution in [-0.2, 0) is 13.0 Å². The monoisotopic (exact) mass is 340 g/mol. The number of methoxy groups -OCH3 is 1. The predicted molar refractivity (Wildman–Crippen MR) is 93.6 cm³/mol. The molecule has 6 heteroatoms. The molecule has 0 bridgehead atoms. The minimum atomic E-state index is 0.0361. The highest BCUT2D eigenvalue weighted by atomic mass is 16.5. The number of rotatable bonds is 3. The van der Waals surface area contributed by atoms with Gasteiger partial charge in [-0.05, 0) is 49.9 Å². The standard InChI is InChI=1S/C19H24N4O2/c1-25-15-10-8-14(9-11-15)19(24)22-13-5-6-16(22)18-21-20-17-7-3-2-4-12-23(17)18/h8-11,16H,2-7,12-13H2,1H3. The van der Waals surface area contributed by atoms with E-state index < -0.39 is 0 Å². The second kappa shape index (κ2) is 6.86. The van der Waals surface area contributed by atoms with E-state index in [0.717, 1.165) is 56.2 Å². The number of carbonyl (C=O) groups excluding carboxylic acids is 1. The Morgan fingerprint density at radius 3 is 2.72 bits per heavy atom. The number of ether oxygens (including phenoxy) is 1. The first-order valence-corrected chi connectivity index (χ1v) is 9.15. The Balaban J connectivity index is 1.60. The van der Waals surface area contributed by atoms with Crippen molar-refractivity contribution in [2.45, 2.75) is 51.1 Å². The lowest BCUT2D eigenvalue weighted by Crippen LogP contribution is -2.32. The first-order valence-electron chi connectivity index (χ1n) is 9.15. The van der Waals surface area contributed by atoms with Gasteiger partial charge in [0.2, 0.25) is 0 Å². The number of benzene rings is 1. The summed E-state index contributed by atoms with van der Waals surface area (Å²) in [5, 5.41) is 8.88. The van der Waals surface area contributed by atoms with Crippen molar-refractivity contribution in [2.24, 2.45) is 0 Å². The van der Waals surface area contributed by atoms with Crippen molar-refractivity contribution in [3.63, 3.8) is 0 Å². The van der Waals surface area contributed by atoms with Gasteiger partial charge in [0.05, 0.1) is 13.2 Å². The summed E-state index contributed by atoms with van der Waals surface area (Å²) in [5.74, 6) is 2.88. The molecular weight excluding hydrogens is 316 g/mol. The average molecular weight is 340 g/mol. The van der Waals surface area contributed by atoms with Gasteiger partial charge in [0.15, 0.2) is 5.82 Å². The van der Waals surface area contributed by atoms with E-state index in [9.17, 15) is 4.79 Å². The Bertz CT molecular complexity index is 753. The maximum Gasteiger partial charge on any atom is 0.254 e. The van der Waals surface area contributed by atoms with Crippen LogP contribution >= 0.6 is 0 Å². The fourth-order valence-electron chi connectivity index (χ4n) is 3.93. The zero-order valence-corrected chi connectivity index (χ0v) is 14.6. The van der Waals surface area contributed by atoms with E-state index in [0.29, 0.717) is 5.56 Å². The molecule has 6 nitrogen and oxygen atoms in total. The molecule has 0 saturated carbocycles. The van der Waals surface area contributed by atoms with Crippen molar-refractivity contribution in [2.75, 3.05) is 13.7 Å². The third kappa shape index (κ3) is 3.01. The molecule has 1 fully saturated rings. The summed E-state index contributed by atoms with van der Waals surface area (Å²) in [7, 11) is 1.63. The fourth-order valence-corrected chi connectivity index (χ4v) is 3.93. The second-order valence-corrected chi connectivity index (χ2v) is 6.82. The minimum Gasteiger partial charge on any atom is -0.497 e. The summed E-state index contributed by atoms with van der Waals surface area (Å²) in [6.07, 6.45) is 6.54. The van der Waals surface area contributed by atoms with Crippen LogP contribution in [-0.4, -0.2) is 39.2 Å². The van der Waals surface area contributed by atoms with Gasteiger partial charge in [-0.3, -0.25) is 4.79 Å². The van der Waals surface area contributed by atoms with Gasteiger partial charge in [-0.2, -0.15) is 0 Å². The number of amides is 1. The lowest BCUT2D eigenvalue weighted by molar-refractivity contribution is 0.0727. The third-order valence-electron chi connectivity index (χ3n) is 5.29. The van der Waals surface area contributed by atoms with Crippen molar-refractivity contribution in [3.05, 3.63) is 41.5 Å². The van der Waals surface area contributed by atoms with Gasteiger partial charge in [-0.15, -0.1) is 10.2 Å². The molecule has 0 aliphatic carbocycles. The smallest absolute Gasteiger partial charge is 0.254 e. The van der Waals surface area contributed by atoms with Crippen LogP contribution in [0.15, 0.2) is 24.3 Å². The lowest BCUT2D eigenvalue weighted by Gasteiger charge is -2.25. The van der Waals surface area contributed by atoms with Crippen LogP contribution in [0.2, 0.25) is 0 Å². The van der Waals surface area contributed by atoms with E-state index in [-0.39, 0.29) is 11.9 Å². The molecule has 2 aliphatic heterocycles. The number of hydrogen-bond acceptors (Lipinski definition) is 4. The van der Waals surface area contributed by atoms with Crippen molar-refractivity contribution in [3.8, 4) is 5.75 Å². The van der Waals surface area contributed by atoms with Crippen molar-refractivity contribution in [1.82, 2.24) is 19.7 Å². The molecular formula is C19H24N4O2. The molecule has 1 atom stereocenters. The zero-order chi connectivity index (χ0) is 17.2. The second-order valence-electron chi connectivity index (χ2n) is 6.82. The normalized spacial score (nSPS) is 20.2. The van der Waals surface area contributed by atoms with E-state index >= 15 is 0 Å². The highest BCUT2D eigenvalue weighted by Gasteiger charge is 2.34. The molecule has 1 amide bonds. The topological polar surface area (TPSA) is 60.2 Å². The Morgan fingerprint density at radius 2 is 1.92 bits per heavy atom. The zero-order valence-electron chi connectivity index (χ0n) is 14.6. The summed E-state index contributed by atoms with van der Waals surface area (Å²) >= 11 is 0. The van der Waals surface area contributed by atoms with Crippen molar-refractivity contribution < 1.29 is 9.53 Å². The van der Waals surface area contributed by atoms with Crippen LogP contribution in [0.25, 0.3) is 0 Å². The van der Waals surface area contributed by atoms with Crippen LogP contribution in [0.5, 0.6) is 5.75 Å². The number of hydrogen-bond donors (Lipinski definition) is 0. The Hall–Kier alpha value is -2.37. The molecule has 2 aromatic rings. The molecule has 0 spiro atoms. The molecule has 25 heavy (non-hydrogen) atoms. The highest BCUT2D eigenvalue weighted by molar-refractivity contribution is 5.94. The van der Waals surface area contributed by atoms with Crippen LogP contribution in [0.3, 0.4) is 0 Å². The SMILES string of the molecule is COc1ccc(C(=O)N2CCCC2c2nnc3n2CCCCC3)cc1. The fraction of sp³-hybridized carbons (Fsp3) is 0.526. The summed E-state index contributed by atoms with van der Waals surface area (Å²) in [6.45, 7) is 1.75. The molecule has 1 saturated heterocycles. The maximum atomic E-state index is 13.0. The van der Waals surface area contributed by atoms with E-state index in [4.69, 9.17) is 4.74 Å². The molecule has 1 aromatic carbocycles. The van der Waals surface area contributed by atoms with Crippen LogP contribution < -0.4 is 4.74 Å². The molecule has 0 radical (unpaired) electrons. The number of aromatic nitrogens is 3. The van der Waals surface area contributed by atoms with E-state index in [1.165, 1.54) is 12.8 Å². The number of likely N-dealkylation sites (tertiary alicyclic amines) is 1. The maximum absolute atomic E-state index is 13.0. The van der Waals surface area contributed by atoms with Gasteiger partial charge in [-0.25, -0.2) is 0 Å². The number of nitrogens with zero attached hydrogens (tertiary/aromatic N) is 4. The van der Waals surface area contributed by atoms with Crippen LogP contribution in [0.4, 0.5) is 0 Å². The van der Waals surface area contributed by atoms with Crippen molar-refractivity contribution in [1.29, 1.82) is 0 Å². The molecule has 1 aromatic heterocycles. The van der Waals surface area contributed by atoms with Gasteiger partial charge in [0.25, 0.3) is 5.91 Å². The predicted octanol–water partition coefficient (Wildman–Crippen LogP) is 2.99. The Kier molecular flexibility index (Phi) is 4.42. The molecule has 132 valence electrons. The molecule has 3 heterocycles. The van der Waals surface area contributed by atoms with E-state index in [2.05, 4.69) is 14.8 Å². The molecule has 2 aliphatic rings. The van der Waals surface area contributed by atoms with Crippen LogP contribution in [0.1, 0.15) is 60.2 Å². The molecule has 0 N–H and O–H groups in total. The van der Waals surface area contributed by atoms with Gasteiger partial charge in [-0.1, -0.05) is 6.42 Å². The Labute approximate surface area is 147 Å². The summed E-state index contributed by atoms with van der Waals surface area (Å²) in [5.41, 5.74) is 0.698. The number of aryl methyl sites for hydroxylation is 1. The highest BCUT2D eigenvalue weighted by Crippen LogP contribution is 2.33. The largest absolute Gasteiger partial charge is 0.497 e. The first-order chi connectivity index (χ1) is 12.3. The summed E-state index contributed by atoms with van der Waals surface area (Å²) < 4.78 is 7.44. The number of carbonyl (C=O) groups is 1. The summed E-state index contributed by atoms with van der Waals surface area (Å²) in [4.78, 5) is 15.0. The lowest BCUT2D eigenvalue weighted by atomic mass is 10.1. The van der Waals surface area contributed by atoms with Gasteiger partial charge in [0.1, 0.15) is 11.6 Å². The summed E-state index contributed by atoms with van der Waals surface area (Å²) in [6, 6.07) is 7.37. The minimum absolute atomic E-state index is 0.0361. The van der Waals surface area contributed by atoms with E-state index in [1.54, 1.807) is 7.11 Å².